The maximum Gasteiger partial charge on any atom is 0.0263 e. The van der Waals surface area contributed by atoms with Crippen LogP contribution in [-0.2, 0) is 27.1 Å². The van der Waals surface area contributed by atoms with Crippen molar-refractivity contribution in [3.63, 3.8) is 0 Å². The fourth-order valence-electron chi connectivity index (χ4n) is 19.5. The molecule has 0 N–H and O–H groups in total. The monoisotopic (exact) mass is 995 g/mol. The van der Waals surface area contributed by atoms with E-state index in [0.29, 0.717) is 59.2 Å². The SMILES string of the molecule is CCSc1ccc(C23C4=C5C6=C7C4C(c4ccc(C)cc4)(C(C)C(C)C7(c4ccc(SCC)cc4)[C@@H](C)C(C)C6(c4ccc(C)cc4)[C@@H](C)C(C)C5(c4ccc(SCC)cc4)[C@@H](C)[C@H]2C)[C@H](C)C3C)cc1. The number of allylic oxidation sites excluding steroid dienone is 4. The van der Waals surface area contributed by atoms with Crippen molar-refractivity contribution < 1.29 is 0 Å². The molecule has 6 aliphatic rings. The van der Waals surface area contributed by atoms with E-state index in [-0.39, 0.29) is 33.0 Å². The molecule has 3 fully saturated rings. The molecule has 71 heavy (non-hydrogen) atoms. The third kappa shape index (κ3) is 5.99. The molecule has 5 aromatic carbocycles. The highest BCUT2D eigenvalue weighted by atomic mass is 32.2. The number of benzene rings is 5. The molecule has 16 atom stereocenters. The van der Waals surface area contributed by atoms with E-state index in [1.807, 2.05) is 46.4 Å². The van der Waals surface area contributed by atoms with Crippen molar-refractivity contribution >= 4 is 35.3 Å². The first kappa shape index (κ1) is 49.8. The second-order valence-electron chi connectivity index (χ2n) is 23.9. The van der Waals surface area contributed by atoms with Gasteiger partial charge in [-0.05, 0) is 177 Å². The zero-order valence-electron chi connectivity index (χ0n) is 45.7. The predicted molar refractivity (Wildman–Crippen MR) is 308 cm³/mol. The summed E-state index contributed by atoms with van der Waals surface area (Å²) in [6, 6.07) is 51.1. The molecule has 0 amide bonds. The fraction of sp³-hybridized carbons (Fsp3) is 0.500. The van der Waals surface area contributed by atoms with Crippen molar-refractivity contribution in [2.45, 2.75) is 146 Å². The zero-order chi connectivity index (χ0) is 50.3. The average molecular weight is 996 g/mol. The molecule has 0 radical (unpaired) electrons. The molecule has 0 aliphatic heterocycles. The fourth-order valence-corrected chi connectivity index (χ4v) is 21.4. The van der Waals surface area contributed by atoms with Crippen LogP contribution in [0.3, 0.4) is 0 Å². The van der Waals surface area contributed by atoms with Gasteiger partial charge >= 0.3 is 0 Å². The van der Waals surface area contributed by atoms with Crippen LogP contribution in [0.15, 0.2) is 158 Å². The van der Waals surface area contributed by atoms with Gasteiger partial charge in [-0.2, -0.15) is 0 Å². The minimum atomic E-state index is -0.210. The first-order valence-electron chi connectivity index (χ1n) is 27.9. The summed E-state index contributed by atoms with van der Waals surface area (Å²) in [7, 11) is 0. The van der Waals surface area contributed by atoms with Gasteiger partial charge in [0.15, 0.2) is 0 Å². The Hall–Kier alpha value is -3.37. The molecule has 6 aliphatic carbocycles. The van der Waals surface area contributed by atoms with Crippen molar-refractivity contribution in [1.29, 1.82) is 0 Å². The highest BCUT2D eigenvalue weighted by Gasteiger charge is 2.82. The van der Waals surface area contributed by atoms with Crippen LogP contribution >= 0.6 is 35.3 Å². The van der Waals surface area contributed by atoms with Gasteiger partial charge in [0.25, 0.3) is 0 Å². The summed E-state index contributed by atoms with van der Waals surface area (Å²) in [5.74, 6) is 7.21. The first-order chi connectivity index (χ1) is 34.0. The van der Waals surface area contributed by atoms with Crippen LogP contribution in [0.4, 0.5) is 0 Å². The van der Waals surface area contributed by atoms with Gasteiger partial charge in [0.05, 0.1) is 0 Å². The lowest BCUT2D eigenvalue weighted by Crippen LogP contribution is -2.70. The van der Waals surface area contributed by atoms with Crippen molar-refractivity contribution in [3.8, 4) is 0 Å². The Balaban J connectivity index is 1.41. The third-order valence-corrected chi connectivity index (χ3v) is 25.3. The second-order valence-corrected chi connectivity index (χ2v) is 27.9. The molecule has 0 aromatic heterocycles. The molecule has 5 aromatic rings. The molecule has 0 heterocycles. The molecular weight excluding hydrogens is 913 g/mol. The van der Waals surface area contributed by atoms with E-state index < -0.39 is 0 Å². The minimum Gasteiger partial charge on any atom is -0.126 e. The molecular formula is C68H82S3. The molecule has 3 saturated carbocycles. The Bertz CT molecular complexity index is 2880. The summed E-state index contributed by atoms with van der Waals surface area (Å²) in [5, 5.41) is 0. The van der Waals surface area contributed by atoms with E-state index in [4.69, 9.17) is 0 Å². The highest BCUT2D eigenvalue weighted by Crippen LogP contribution is 2.86. The van der Waals surface area contributed by atoms with Crippen LogP contribution in [-0.4, -0.2) is 17.3 Å². The lowest BCUT2D eigenvalue weighted by molar-refractivity contribution is -0.0728. The topological polar surface area (TPSA) is 0 Å². The highest BCUT2D eigenvalue weighted by molar-refractivity contribution is 7.99. The summed E-state index contributed by atoms with van der Waals surface area (Å²) in [5.41, 5.74) is 16.8. The van der Waals surface area contributed by atoms with Gasteiger partial charge in [-0.3, -0.25) is 0 Å². The van der Waals surface area contributed by atoms with Gasteiger partial charge in [-0.15, -0.1) is 35.3 Å². The lowest BCUT2D eigenvalue weighted by atomic mass is 9.30. The quantitative estimate of drug-likeness (QED) is 0.121. The molecule has 372 valence electrons. The smallest absolute Gasteiger partial charge is 0.0263 e. The Kier molecular flexibility index (Phi) is 12.4. The largest absolute Gasteiger partial charge is 0.126 e. The Morgan fingerprint density at radius 1 is 0.310 bits per heavy atom. The van der Waals surface area contributed by atoms with Gasteiger partial charge in [0.2, 0.25) is 0 Å². The van der Waals surface area contributed by atoms with Crippen molar-refractivity contribution in [2.75, 3.05) is 17.3 Å². The van der Waals surface area contributed by atoms with Gasteiger partial charge in [0.1, 0.15) is 0 Å². The molecule has 0 saturated heterocycles. The standard InChI is InChI=1S/C68H82S3/c1-16-69-56-33-27-53(28-34-56)66-45(10)41(6)64(51-23-19-39(4)20-24-51)43(8)47(12)67(54-29-35-57(36-30-54)70-17-2)49(14)50(15)68(55-31-37-58(38-32-55)71-18-3)48(13)44(9)65(42(7)46(66)11,52-25-21-40(5)22-26-52)60-61(66)59(64)62(67)63(60)68/h19-38,41-50,59H,16-18H2,1-15H3/t41?,42?,43-,44+,45?,46+,47?,48?,49-,50+,59?,64?,65?,66?,67?,68?/m1/s1. The van der Waals surface area contributed by atoms with Gasteiger partial charge < -0.3 is 0 Å². The molecule has 0 spiro atoms. The van der Waals surface area contributed by atoms with Crippen molar-refractivity contribution in [3.05, 3.63) is 183 Å². The number of hydrogen-bond donors (Lipinski definition) is 0. The molecule has 0 bridgehead atoms. The maximum absolute atomic E-state index is 2.76. The van der Waals surface area contributed by atoms with Gasteiger partial charge in [0, 0.05) is 47.7 Å². The zero-order valence-corrected chi connectivity index (χ0v) is 48.2. The minimum absolute atomic E-state index is 0.142. The van der Waals surface area contributed by atoms with Gasteiger partial charge in [-0.1, -0.05) is 186 Å². The van der Waals surface area contributed by atoms with E-state index >= 15 is 0 Å². The summed E-state index contributed by atoms with van der Waals surface area (Å²) >= 11 is 5.96. The number of rotatable bonds is 11. The Morgan fingerprint density at radius 2 is 0.549 bits per heavy atom. The van der Waals surface area contributed by atoms with Crippen molar-refractivity contribution in [2.24, 2.45) is 65.1 Å². The van der Waals surface area contributed by atoms with E-state index in [0.717, 1.165) is 17.3 Å². The molecule has 11 rings (SSSR count). The average Bonchev–Trinajstić information content (AvgIpc) is 3.74. The summed E-state index contributed by atoms with van der Waals surface area (Å²) in [6.07, 6.45) is 0. The summed E-state index contributed by atoms with van der Waals surface area (Å²) in [6.45, 7) is 39.0. The number of aryl methyl sites for hydroxylation is 2. The van der Waals surface area contributed by atoms with Crippen LogP contribution < -0.4 is 0 Å². The van der Waals surface area contributed by atoms with Gasteiger partial charge in [-0.25, -0.2) is 0 Å². The van der Waals surface area contributed by atoms with Crippen LogP contribution in [0.1, 0.15) is 129 Å². The van der Waals surface area contributed by atoms with Crippen LogP contribution in [0.25, 0.3) is 0 Å². The molecule has 11 unspecified atom stereocenters. The number of hydrogen-bond acceptors (Lipinski definition) is 3. The third-order valence-electron chi connectivity index (χ3n) is 22.6. The van der Waals surface area contributed by atoms with Crippen LogP contribution in [0, 0.1) is 78.9 Å². The van der Waals surface area contributed by atoms with E-state index in [9.17, 15) is 0 Å². The second kappa shape index (κ2) is 17.6. The molecule has 0 nitrogen and oxygen atoms in total. The molecule has 3 heteroatoms. The van der Waals surface area contributed by atoms with E-state index in [2.05, 4.69) is 225 Å². The number of thioether (sulfide) groups is 3. The van der Waals surface area contributed by atoms with Crippen molar-refractivity contribution in [1.82, 2.24) is 0 Å². The predicted octanol–water partition coefficient (Wildman–Crippen LogP) is 18.3. The normalized spacial score (nSPS) is 38.7. The summed E-state index contributed by atoms with van der Waals surface area (Å²) < 4.78 is 0. The van der Waals surface area contributed by atoms with Crippen LogP contribution in [0.2, 0.25) is 0 Å². The maximum atomic E-state index is 2.76. The van der Waals surface area contributed by atoms with Crippen LogP contribution in [0.5, 0.6) is 0 Å². The van der Waals surface area contributed by atoms with E-state index in [1.165, 1.54) is 25.8 Å². The lowest BCUT2D eigenvalue weighted by Gasteiger charge is -2.72. The Morgan fingerprint density at radius 3 is 0.845 bits per heavy atom. The first-order valence-corrected chi connectivity index (χ1v) is 30.9. The Labute approximate surface area is 442 Å². The summed E-state index contributed by atoms with van der Waals surface area (Å²) in [4.78, 5) is 4.17. The van der Waals surface area contributed by atoms with E-state index in [1.54, 1.807) is 39.0 Å².